The molecule has 0 aromatic carbocycles. The van der Waals surface area contributed by atoms with Crippen molar-refractivity contribution in [2.75, 3.05) is 13.7 Å². The van der Waals surface area contributed by atoms with E-state index in [1.54, 1.807) is 0 Å². The Morgan fingerprint density at radius 3 is 2.19 bits per heavy atom. The van der Waals surface area contributed by atoms with Crippen molar-refractivity contribution in [1.82, 2.24) is 21.1 Å². The zero-order chi connectivity index (χ0) is 21.3. The Bertz CT molecular complexity index is 588. The number of primary amides is 1. The molecule has 3 amide bonds. The Hall–Kier alpha value is -2.55. The number of aliphatic carboxylic acids is 1. The molecule has 0 heterocycles. The summed E-state index contributed by atoms with van der Waals surface area (Å²) in [5, 5.41) is 32.3. The quantitative estimate of drug-likeness (QED) is 0.134. The third-order valence-corrected chi connectivity index (χ3v) is 3.42. The van der Waals surface area contributed by atoms with Gasteiger partial charge in [0.2, 0.25) is 5.91 Å². The topological polar surface area (TPSA) is 220 Å². The van der Waals surface area contributed by atoms with E-state index in [1.807, 2.05) is 0 Å². The van der Waals surface area contributed by atoms with Crippen molar-refractivity contribution in [3.63, 3.8) is 0 Å². The van der Waals surface area contributed by atoms with Gasteiger partial charge in [-0.15, -0.1) is 0 Å². The first-order valence-electron chi connectivity index (χ1n) is 7.61. The summed E-state index contributed by atoms with van der Waals surface area (Å²) >= 11 is 4.88. The highest BCUT2D eigenvalue weighted by Crippen LogP contribution is 1.97. The number of carboxylic acids is 1. The minimum absolute atomic E-state index is 0.342. The number of hydrazine groups is 1. The van der Waals surface area contributed by atoms with E-state index in [9.17, 15) is 24.3 Å². The molecule has 0 fully saturated rings. The van der Waals surface area contributed by atoms with E-state index in [0.717, 1.165) is 0 Å². The molecule has 0 saturated carbocycles. The first kappa shape index (κ1) is 24.5. The monoisotopic (exact) mass is 408 g/mol. The van der Waals surface area contributed by atoms with Crippen LogP contribution in [0.3, 0.4) is 0 Å². The number of rotatable bonds is 9. The lowest BCUT2D eigenvalue weighted by Crippen LogP contribution is -2.59. The average Bonchev–Trinajstić information content (AvgIpc) is 2.56. The predicted molar refractivity (Wildman–Crippen MR) is 95.5 cm³/mol. The number of hydrogen-bond acceptors (Lipinski definition) is 8. The number of aliphatic hydroxyl groups excluding tert-OH is 2. The van der Waals surface area contributed by atoms with E-state index in [2.05, 4.69) is 16.1 Å². The third-order valence-electron chi connectivity index (χ3n) is 3.18. The van der Waals surface area contributed by atoms with E-state index >= 15 is 0 Å². The van der Waals surface area contributed by atoms with Gasteiger partial charge in [0.05, 0.1) is 19.1 Å². The molecule has 0 aliphatic rings. The van der Waals surface area contributed by atoms with Crippen LogP contribution in [0, 0.1) is 0 Å². The van der Waals surface area contributed by atoms with E-state index in [-0.39, 0.29) is 5.11 Å². The summed E-state index contributed by atoms with van der Waals surface area (Å²) in [6.07, 6.45) is -1.84. The number of carbonyl (C=O) groups is 4. The van der Waals surface area contributed by atoms with Crippen molar-refractivity contribution < 1.29 is 34.5 Å². The Labute approximate surface area is 160 Å². The molecule has 14 heteroatoms. The number of nitrogens with one attached hydrogen (secondary N) is 3. The average molecular weight is 408 g/mol. The van der Waals surface area contributed by atoms with Crippen LogP contribution in [0.5, 0.6) is 0 Å². The minimum atomic E-state index is -1.46. The molecule has 154 valence electrons. The van der Waals surface area contributed by atoms with Crippen LogP contribution in [0.25, 0.3) is 0 Å². The number of carboxylic acid groups (broad SMARTS) is 1. The molecule has 0 aromatic heterocycles. The highest BCUT2D eigenvalue weighted by atomic mass is 32.1. The summed E-state index contributed by atoms with van der Waals surface area (Å²) in [7, 11) is 1.17. The van der Waals surface area contributed by atoms with Crippen LogP contribution in [0.2, 0.25) is 0 Å². The second-order valence-corrected chi connectivity index (χ2v) is 5.97. The van der Waals surface area contributed by atoms with Gasteiger partial charge in [0.1, 0.15) is 12.1 Å². The smallest absolute Gasteiger partial charge is 0.328 e. The van der Waals surface area contributed by atoms with Crippen molar-refractivity contribution >= 4 is 41.0 Å². The van der Waals surface area contributed by atoms with Crippen molar-refractivity contribution in [2.24, 2.45) is 11.5 Å². The molecule has 0 spiro atoms. The molecular formula is C13H24N6O7S. The van der Waals surface area contributed by atoms with Crippen molar-refractivity contribution in [2.45, 2.75) is 37.6 Å². The number of carbonyl (C=O) groups excluding carboxylic acids is 3. The predicted octanol–water partition coefficient (Wildman–Crippen LogP) is -4.66. The van der Waals surface area contributed by atoms with E-state index in [0.29, 0.717) is 5.01 Å². The van der Waals surface area contributed by atoms with Gasteiger partial charge in [-0.3, -0.25) is 24.8 Å². The van der Waals surface area contributed by atoms with Gasteiger partial charge in [0, 0.05) is 7.05 Å². The summed E-state index contributed by atoms with van der Waals surface area (Å²) in [6.45, 7) is 0.568. The summed E-state index contributed by atoms with van der Waals surface area (Å²) in [5.74, 6) is -3.97. The Morgan fingerprint density at radius 2 is 1.78 bits per heavy atom. The summed E-state index contributed by atoms with van der Waals surface area (Å²) in [4.78, 5) is 46.2. The van der Waals surface area contributed by atoms with Crippen LogP contribution < -0.4 is 27.5 Å². The minimum Gasteiger partial charge on any atom is -0.480 e. The zero-order valence-corrected chi connectivity index (χ0v) is 15.5. The molecule has 4 atom stereocenters. The molecular weight excluding hydrogens is 384 g/mol. The molecule has 0 rings (SSSR count). The number of nitrogens with two attached hydrogens (primary N) is 2. The summed E-state index contributed by atoms with van der Waals surface area (Å²) in [6, 6.07) is -4.08. The van der Waals surface area contributed by atoms with Crippen LogP contribution in [0.1, 0.15) is 13.3 Å². The van der Waals surface area contributed by atoms with Gasteiger partial charge in [-0.25, -0.2) is 4.79 Å². The van der Waals surface area contributed by atoms with Crippen molar-refractivity contribution in [1.29, 1.82) is 0 Å². The lowest BCUT2D eigenvalue weighted by Gasteiger charge is -2.26. The normalized spacial score (nSPS) is 14.9. The Kier molecular flexibility index (Phi) is 10.2. The SMILES string of the molecule is CC(O)[C@H](NC(=S)NC(CC(N)=O)C(=O)NN(C)C(=O)[C@@H](N)CO)C(=O)O. The van der Waals surface area contributed by atoms with Crippen LogP contribution in [0.15, 0.2) is 0 Å². The molecule has 13 nitrogen and oxygen atoms in total. The van der Waals surface area contributed by atoms with Crippen LogP contribution in [-0.2, 0) is 19.2 Å². The fraction of sp³-hybridized carbons (Fsp3) is 0.615. The summed E-state index contributed by atoms with van der Waals surface area (Å²) < 4.78 is 0. The molecule has 0 saturated heterocycles. The van der Waals surface area contributed by atoms with Gasteiger partial charge in [-0.2, -0.15) is 0 Å². The van der Waals surface area contributed by atoms with Gasteiger partial charge in [0.25, 0.3) is 11.8 Å². The lowest BCUT2D eigenvalue weighted by molar-refractivity contribution is -0.142. The van der Waals surface area contributed by atoms with Crippen LogP contribution in [-0.4, -0.2) is 87.0 Å². The maximum atomic E-state index is 12.3. The molecule has 0 aromatic rings. The molecule has 0 radical (unpaired) electrons. The fourth-order valence-corrected chi connectivity index (χ4v) is 2.03. The van der Waals surface area contributed by atoms with E-state index in [4.69, 9.17) is 33.9 Å². The highest BCUT2D eigenvalue weighted by Gasteiger charge is 2.28. The second-order valence-electron chi connectivity index (χ2n) is 5.56. The van der Waals surface area contributed by atoms with E-state index < -0.39 is 60.9 Å². The van der Waals surface area contributed by atoms with Gasteiger partial charge in [-0.05, 0) is 19.1 Å². The van der Waals surface area contributed by atoms with Crippen LogP contribution in [0.4, 0.5) is 0 Å². The number of likely N-dealkylation sites (N-methyl/N-ethyl adjacent to an activating group) is 1. The number of nitrogens with zero attached hydrogens (tertiary/aromatic N) is 1. The van der Waals surface area contributed by atoms with Crippen LogP contribution >= 0.6 is 12.2 Å². The van der Waals surface area contributed by atoms with Gasteiger partial charge < -0.3 is 37.4 Å². The van der Waals surface area contributed by atoms with Crippen molar-refractivity contribution in [3.8, 4) is 0 Å². The maximum absolute atomic E-state index is 12.3. The van der Waals surface area contributed by atoms with E-state index in [1.165, 1.54) is 14.0 Å². The Balaban J connectivity index is 5.08. The van der Waals surface area contributed by atoms with Gasteiger partial charge in [0.15, 0.2) is 11.2 Å². The van der Waals surface area contributed by atoms with Gasteiger partial charge >= 0.3 is 5.97 Å². The Morgan fingerprint density at radius 1 is 1.22 bits per heavy atom. The lowest BCUT2D eigenvalue weighted by atomic mass is 10.2. The fourth-order valence-electron chi connectivity index (χ4n) is 1.77. The zero-order valence-electron chi connectivity index (χ0n) is 14.7. The number of aliphatic hydroxyl groups is 2. The first-order chi connectivity index (χ1) is 12.4. The molecule has 2 unspecified atom stereocenters. The maximum Gasteiger partial charge on any atom is 0.328 e. The molecule has 0 bridgehead atoms. The highest BCUT2D eigenvalue weighted by molar-refractivity contribution is 7.80. The number of amides is 3. The van der Waals surface area contributed by atoms with Crippen molar-refractivity contribution in [3.05, 3.63) is 0 Å². The number of thiocarbonyl (C=S) groups is 1. The largest absolute Gasteiger partial charge is 0.480 e. The second kappa shape index (κ2) is 11.2. The molecule has 10 N–H and O–H groups in total. The summed E-state index contributed by atoms with van der Waals surface area (Å²) in [5.41, 5.74) is 12.6. The number of hydrogen-bond donors (Lipinski definition) is 8. The third kappa shape index (κ3) is 8.59. The van der Waals surface area contributed by atoms with Gasteiger partial charge in [-0.1, -0.05) is 0 Å². The molecule has 0 aliphatic carbocycles. The molecule has 27 heavy (non-hydrogen) atoms. The standard InChI is InChI=1S/C13H24N6O7S/c1-5(21)9(12(25)26)17-13(27)16-7(3-8(15)22)10(23)18-19(2)11(24)6(14)4-20/h5-7,9,20-21H,3-4,14H2,1-2H3,(H2,15,22)(H,18,23)(H,25,26)(H2,16,17,27)/t5?,6-,7?,9-/m0/s1. The molecule has 0 aliphatic heterocycles. The first-order valence-corrected chi connectivity index (χ1v) is 8.02.